The molecule has 0 spiro atoms. The first kappa shape index (κ1) is 10.3. The molecule has 90 valence electrons. The van der Waals surface area contributed by atoms with Gasteiger partial charge in [0.05, 0.1) is 11.6 Å². The van der Waals surface area contributed by atoms with Crippen LogP contribution in [0.15, 0.2) is 17.1 Å². The van der Waals surface area contributed by atoms with Gasteiger partial charge in [0.2, 0.25) is 0 Å². The van der Waals surface area contributed by atoms with Gasteiger partial charge in [0, 0.05) is 12.7 Å². The average Bonchev–Trinajstić information content (AvgIpc) is 2.68. The normalized spacial score (nSPS) is 20.8. The summed E-state index contributed by atoms with van der Waals surface area (Å²) in [6, 6.07) is 2.03. The summed E-state index contributed by atoms with van der Waals surface area (Å²) in [6.07, 6.45) is 3.74. The van der Waals surface area contributed by atoms with E-state index >= 15 is 0 Å². The summed E-state index contributed by atoms with van der Waals surface area (Å²) in [5.41, 5.74) is 7.14. The second kappa shape index (κ2) is 3.89. The van der Waals surface area contributed by atoms with Crippen molar-refractivity contribution in [2.24, 2.45) is 0 Å². The van der Waals surface area contributed by atoms with Gasteiger partial charge in [-0.2, -0.15) is 0 Å². The summed E-state index contributed by atoms with van der Waals surface area (Å²) in [5.74, 6) is 0.377. The molecule has 3 heterocycles. The van der Waals surface area contributed by atoms with E-state index < -0.39 is 0 Å². The fourth-order valence-corrected chi connectivity index (χ4v) is 2.49. The zero-order chi connectivity index (χ0) is 11.8. The SMILES string of the molecule is Nc1nccc2c1[nH]c(=O)n2C1CCCNC1. The van der Waals surface area contributed by atoms with Gasteiger partial charge in [-0.15, -0.1) is 0 Å². The summed E-state index contributed by atoms with van der Waals surface area (Å²) in [7, 11) is 0. The molecular weight excluding hydrogens is 218 g/mol. The number of imidazole rings is 1. The first-order chi connectivity index (χ1) is 8.27. The minimum atomic E-state index is -0.103. The van der Waals surface area contributed by atoms with Crippen molar-refractivity contribution in [2.45, 2.75) is 18.9 Å². The summed E-state index contributed by atoms with van der Waals surface area (Å²) in [5, 5.41) is 3.31. The molecule has 2 aromatic heterocycles. The van der Waals surface area contributed by atoms with Crippen molar-refractivity contribution >= 4 is 16.9 Å². The van der Waals surface area contributed by atoms with Crippen LogP contribution in [0.25, 0.3) is 11.0 Å². The Balaban J connectivity index is 2.18. The molecule has 4 N–H and O–H groups in total. The van der Waals surface area contributed by atoms with Crippen LogP contribution in [0.4, 0.5) is 5.82 Å². The number of nitrogens with two attached hydrogens (primary N) is 1. The Bertz CT molecular complexity index is 593. The van der Waals surface area contributed by atoms with Gasteiger partial charge in [0.25, 0.3) is 0 Å². The standard InChI is InChI=1S/C11H15N5O/c12-10-9-8(3-5-14-10)16(11(17)15-9)7-2-1-4-13-6-7/h3,5,7,13H,1-2,4,6H2,(H2,12,14)(H,15,17). The molecule has 6 nitrogen and oxygen atoms in total. The van der Waals surface area contributed by atoms with Crippen molar-refractivity contribution < 1.29 is 0 Å². The second-order valence-electron chi connectivity index (χ2n) is 4.39. The maximum atomic E-state index is 12.0. The molecule has 1 aliphatic rings. The number of H-pyrrole nitrogens is 1. The van der Waals surface area contributed by atoms with Gasteiger partial charge in [-0.05, 0) is 25.5 Å². The van der Waals surface area contributed by atoms with Gasteiger partial charge in [0.1, 0.15) is 11.3 Å². The lowest BCUT2D eigenvalue weighted by molar-refractivity contribution is 0.372. The molecule has 1 atom stereocenters. The number of anilines is 1. The Morgan fingerprint density at radius 3 is 3.18 bits per heavy atom. The molecule has 0 bridgehead atoms. The lowest BCUT2D eigenvalue weighted by Gasteiger charge is -2.23. The summed E-state index contributed by atoms with van der Waals surface area (Å²) in [6.45, 7) is 1.85. The number of aromatic nitrogens is 3. The molecule has 1 aliphatic heterocycles. The predicted octanol–water partition coefficient (Wildman–Crippen LogP) is 0.231. The molecule has 0 amide bonds. The highest BCUT2D eigenvalue weighted by molar-refractivity contribution is 5.84. The van der Waals surface area contributed by atoms with Gasteiger partial charge in [-0.1, -0.05) is 0 Å². The molecule has 6 heteroatoms. The lowest BCUT2D eigenvalue weighted by Crippen LogP contribution is -2.35. The molecule has 1 saturated heterocycles. The number of rotatable bonds is 1. The van der Waals surface area contributed by atoms with Crippen molar-refractivity contribution in [2.75, 3.05) is 18.8 Å². The number of piperidine rings is 1. The van der Waals surface area contributed by atoms with Crippen LogP contribution in [0.2, 0.25) is 0 Å². The number of hydrogen-bond acceptors (Lipinski definition) is 4. The Hall–Kier alpha value is -1.82. The highest BCUT2D eigenvalue weighted by Crippen LogP contribution is 2.21. The molecule has 0 aliphatic carbocycles. The van der Waals surface area contributed by atoms with Crippen LogP contribution in [-0.4, -0.2) is 27.6 Å². The second-order valence-corrected chi connectivity index (χ2v) is 4.39. The van der Waals surface area contributed by atoms with E-state index in [0.29, 0.717) is 11.3 Å². The third kappa shape index (κ3) is 1.61. The number of nitrogen functional groups attached to an aromatic ring is 1. The summed E-state index contributed by atoms with van der Waals surface area (Å²) < 4.78 is 1.79. The third-order valence-electron chi connectivity index (χ3n) is 3.30. The van der Waals surface area contributed by atoms with Crippen LogP contribution in [0.1, 0.15) is 18.9 Å². The lowest BCUT2D eigenvalue weighted by atomic mass is 10.1. The van der Waals surface area contributed by atoms with Crippen LogP contribution in [0.3, 0.4) is 0 Å². The van der Waals surface area contributed by atoms with E-state index in [1.165, 1.54) is 0 Å². The monoisotopic (exact) mass is 233 g/mol. The average molecular weight is 233 g/mol. The maximum absolute atomic E-state index is 12.0. The third-order valence-corrected chi connectivity index (χ3v) is 3.30. The van der Waals surface area contributed by atoms with Crippen molar-refractivity contribution in [1.29, 1.82) is 0 Å². The number of nitrogens with zero attached hydrogens (tertiary/aromatic N) is 2. The maximum Gasteiger partial charge on any atom is 0.326 e. The molecular formula is C11H15N5O. The zero-order valence-electron chi connectivity index (χ0n) is 9.44. The van der Waals surface area contributed by atoms with Gasteiger partial charge in [0.15, 0.2) is 0 Å². The molecule has 3 rings (SSSR count). The molecule has 0 saturated carbocycles. The molecule has 0 aromatic carbocycles. The van der Waals surface area contributed by atoms with Crippen molar-refractivity contribution in [3.05, 3.63) is 22.7 Å². The van der Waals surface area contributed by atoms with Crippen molar-refractivity contribution in [3.63, 3.8) is 0 Å². The smallest absolute Gasteiger partial charge is 0.326 e. The fourth-order valence-electron chi connectivity index (χ4n) is 2.49. The van der Waals surface area contributed by atoms with E-state index in [4.69, 9.17) is 5.73 Å². The van der Waals surface area contributed by atoms with Crippen molar-refractivity contribution in [3.8, 4) is 0 Å². The molecule has 2 aromatic rings. The number of aromatic amines is 1. The Morgan fingerprint density at radius 2 is 2.41 bits per heavy atom. The Labute approximate surface area is 97.8 Å². The van der Waals surface area contributed by atoms with Gasteiger partial charge < -0.3 is 16.0 Å². The fraction of sp³-hybridized carbons (Fsp3) is 0.455. The summed E-state index contributed by atoms with van der Waals surface area (Å²) in [4.78, 5) is 18.8. The largest absolute Gasteiger partial charge is 0.382 e. The number of fused-ring (bicyclic) bond motifs is 1. The van der Waals surface area contributed by atoms with Crippen LogP contribution in [0.5, 0.6) is 0 Å². The first-order valence-corrected chi connectivity index (χ1v) is 5.83. The highest BCUT2D eigenvalue weighted by atomic mass is 16.1. The van der Waals surface area contributed by atoms with Crippen LogP contribution in [0, 0.1) is 0 Å². The quantitative estimate of drug-likeness (QED) is 0.658. The minimum absolute atomic E-state index is 0.103. The van der Waals surface area contributed by atoms with Crippen molar-refractivity contribution in [1.82, 2.24) is 19.9 Å². The number of pyridine rings is 1. The van der Waals surface area contributed by atoms with E-state index in [2.05, 4.69) is 15.3 Å². The van der Waals surface area contributed by atoms with Crippen LogP contribution in [-0.2, 0) is 0 Å². The summed E-state index contributed by atoms with van der Waals surface area (Å²) >= 11 is 0. The zero-order valence-corrected chi connectivity index (χ0v) is 9.44. The number of hydrogen-bond donors (Lipinski definition) is 3. The molecule has 17 heavy (non-hydrogen) atoms. The first-order valence-electron chi connectivity index (χ1n) is 5.83. The highest BCUT2D eigenvalue weighted by Gasteiger charge is 2.20. The van der Waals surface area contributed by atoms with Gasteiger partial charge in [-0.3, -0.25) is 4.57 Å². The topological polar surface area (TPSA) is 88.7 Å². The van der Waals surface area contributed by atoms with Gasteiger partial charge >= 0.3 is 5.69 Å². The molecule has 0 radical (unpaired) electrons. The van der Waals surface area contributed by atoms with E-state index in [0.717, 1.165) is 31.4 Å². The predicted molar refractivity (Wildman–Crippen MR) is 65.9 cm³/mol. The molecule has 1 unspecified atom stereocenters. The van der Waals surface area contributed by atoms with Crippen LogP contribution < -0.4 is 16.7 Å². The minimum Gasteiger partial charge on any atom is -0.382 e. The molecule has 1 fully saturated rings. The van der Waals surface area contributed by atoms with E-state index in [1.807, 2.05) is 6.07 Å². The Kier molecular flexibility index (Phi) is 2.36. The number of nitrogens with one attached hydrogen (secondary N) is 2. The Morgan fingerprint density at radius 1 is 1.53 bits per heavy atom. The van der Waals surface area contributed by atoms with E-state index in [-0.39, 0.29) is 11.7 Å². The van der Waals surface area contributed by atoms with Crippen LogP contribution >= 0.6 is 0 Å². The van der Waals surface area contributed by atoms with E-state index in [1.54, 1.807) is 10.8 Å². The van der Waals surface area contributed by atoms with Gasteiger partial charge in [-0.25, -0.2) is 9.78 Å². The van der Waals surface area contributed by atoms with E-state index in [9.17, 15) is 4.79 Å².